The summed E-state index contributed by atoms with van der Waals surface area (Å²) in [7, 11) is 0. The molecule has 0 bridgehead atoms. The Hall–Kier alpha value is -1.99. The average molecular weight is 361 g/mol. The van der Waals surface area contributed by atoms with Crippen LogP contribution in [0.3, 0.4) is 0 Å². The third-order valence-corrected chi connectivity index (χ3v) is 3.83. The second-order valence-corrected chi connectivity index (χ2v) is 5.78. The standard InChI is InChI=1S/C14H18Cl2N4O3/c1-3-7(2)11(18-14(17)23)13(22)20-19-12(21)9-6-8(15)4-5-10(9)16/h4-7,11H,3H2,1-2H3,(H,19,21)(H,20,22)(H3,17,18,23)/t7-,11-/m0/s1. The van der Waals surface area contributed by atoms with E-state index in [1.807, 2.05) is 6.92 Å². The molecule has 23 heavy (non-hydrogen) atoms. The number of carbonyl (C=O) groups is 3. The summed E-state index contributed by atoms with van der Waals surface area (Å²) in [5.41, 5.74) is 9.63. The molecule has 0 saturated carbocycles. The Labute approximate surface area is 143 Å². The van der Waals surface area contributed by atoms with Crippen molar-refractivity contribution in [2.45, 2.75) is 26.3 Å². The van der Waals surface area contributed by atoms with Crippen LogP contribution in [-0.2, 0) is 4.79 Å². The molecule has 1 aromatic carbocycles. The van der Waals surface area contributed by atoms with Crippen molar-refractivity contribution in [3.05, 3.63) is 33.8 Å². The van der Waals surface area contributed by atoms with Gasteiger partial charge in [-0.3, -0.25) is 20.4 Å². The summed E-state index contributed by atoms with van der Waals surface area (Å²) in [6.45, 7) is 3.63. The number of nitrogens with two attached hydrogens (primary N) is 1. The summed E-state index contributed by atoms with van der Waals surface area (Å²) in [5.74, 6) is -1.40. The van der Waals surface area contributed by atoms with Crippen LogP contribution in [0.25, 0.3) is 0 Å². The van der Waals surface area contributed by atoms with Crippen molar-refractivity contribution in [2.75, 3.05) is 0 Å². The maximum atomic E-state index is 12.1. The maximum Gasteiger partial charge on any atom is 0.312 e. The van der Waals surface area contributed by atoms with E-state index < -0.39 is 23.9 Å². The van der Waals surface area contributed by atoms with Gasteiger partial charge < -0.3 is 11.1 Å². The molecular weight excluding hydrogens is 343 g/mol. The second kappa shape index (κ2) is 8.59. The van der Waals surface area contributed by atoms with Crippen molar-refractivity contribution < 1.29 is 14.4 Å². The molecule has 0 spiro atoms. The lowest BCUT2D eigenvalue weighted by Gasteiger charge is -2.22. The van der Waals surface area contributed by atoms with E-state index in [0.29, 0.717) is 11.4 Å². The fourth-order valence-electron chi connectivity index (χ4n) is 1.79. The molecule has 0 aromatic heterocycles. The van der Waals surface area contributed by atoms with Gasteiger partial charge >= 0.3 is 6.03 Å². The van der Waals surface area contributed by atoms with Crippen LogP contribution in [0.4, 0.5) is 4.79 Å². The van der Waals surface area contributed by atoms with E-state index in [1.165, 1.54) is 18.2 Å². The second-order valence-electron chi connectivity index (χ2n) is 4.94. The van der Waals surface area contributed by atoms with Crippen molar-refractivity contribution in [3.63, 3.8) is 0 Å². The van der Waals surface area contributed by atoms with E-state index in [0.717, 1.165) is 0 Å². The molecule has 0 aliphatic carbocycles. The minimum atomic E-state index is -0.868. The summed E-state index contributed by atoms with van der Waals surface area (Å²) >= 11 is 11.7. The summed E-state index contributed by atoms with van der Waals surface area (Å²) in [4.78, 5) is 35.1. The number of nitrogens with one attached hydrogen (secondary N) is 3. The maximum absolute atomic E-state index is 12.1. The third-order valence-electron chi connectivity index (χ3n) is 3.27. The monoisotopic (exact) mass is 360 g/mol. The minimum absolute atomic E-state index is 0.113. The van der Waals surface area contributed by atoms with Gasteiger partial charge in [0.2, 0.25) is 0 Å². The smallest absolute Gasteiger partial charge is 0.312 e. The van der Waals surface area contributed by atoms with E-state index in [2.05, 4.69) is 16.2 Å². The largest absolute Gasteiger partial charge is 0.352 e. The molecule has 0 radical (unpaired) electrons. The fraction of sp³-hybridized carbons (Fsp3) is 0.357. The van der Waals surface area contributed by atoms with Crippen LogP contribution in [0.5, 0.6) is 0 Å². The highest BCUT2D eigenvalue weighted by molar-refractivity contribution is 6.35. The van der Waals surface area contributed by atoms with Gasteiger partial charge in [0, 0.05) is 5.02 Å². The summed E-state index contributed by atoms with van der Waals surface area (Å²) in [6.07, 6.45) is 0.631. The number of hydrazine groups is 1. The number of primary amides is 1. The Kier molecular flexibility index (Phi) is 7.12. The van der Waals surface area contributed by atoms with Gasteiger partial charge in [0.15, 0.2) is 0 Å². The topological polar surface area (TPSA) is 113 Å². The summed E-state index contributed by atoms with van der Waals surface area (Å²) in [6, 6.07) is 2.69. The first kappa shape index (κ1) is 19.1. The molecule has 7 nitrogen and oxygen atoms in total. The van der Waals surface area contributed by atoms with E-state index in [9.17, 15) is 14.4 Å². The van der Waals surface area contributed by atoms with Crippen LogP contribution < -0.4 is 21.9 Å². The number of amides is 4. The molecule has 126 valence electrons. The molecule has 1 aromatic rings. The molecule has 2 atom stereocenters. The van der Waals surface area contributed by atoms with Gasteiger partial charge in [0.25, 0.3) is 11.8 Å². The zero-order valence-corrected chi connectivity index (χ0v) is 14.2. The first-order valence-corrected chi connectivity index (χ1v) is 7.63. The number of rotatable bonds is 5. The molecule has 1 rings (SSSR count). The molecule has 4 amide bonds. The van der Waals surface area contributed by atoms with Gasteiger partial charge in [-0.25, -0.2) is 4.79 Å². The van der Waals surface area contributed by atoms with Crippen LogP contribution in [0.2, 0.25) is 10.0 Å². The highest BCUT2D eigenvalue weighted by Gasteiger charge is 2.25. The van der Waals surface area contributed by atoms with E-state index in [4.69, 9.17) is 28.9 Å². The number of benzene rings is 1. The van der Waals surface area contributed by atoms with Crippen LogP contribution in [-0.4, -0.2) is 23.9 Å². The van der Waals surface area contributed by atoms with E-state index in [-0.39, 0.29) is 16.5 Å². The van der Waals surface area contributed by atoms with Gasteiger partial charge in [-0.1, -0.05) is 43.5 Å². The highest BCUT2D eigenvalue weighted by atomic mass is 35.5. The quantitative estimate of drug-likeness (QED) is 0.600. The molecule has 5 N–H and O–H groups in total. The highest BCUT2D eigenvalue weighted by Crippen LogP contribution is 2.20. The molecular formula is C14H18Cl2N4O3. The lowest BCUT2D eigenvalue weighted by atomic mass is 9.99. The number of hydrogen-bond donors (Lipinski definition) is 4. The van der Waals surface area contributed by atoms with Gasteiger partial charge in [-0.15, -0.1) is 0 Å². The lowest BCUT2D eigenvalue weighted by molar-refractivity contribution is -0.124. The van der Waals surface area contributed by atoms with Gasteiger partial charge in [-0.05, 0) is 24.1 Å². The van der Waals surface area contributed by atoms with Crippen molar-refractivity contribution >= 4 is 41.0 Å². The lowest BCUT2D eigenvalue weighted by Crippen LogP contribution is -2.55. The third kappa shape index (κ3) is 5.61. The Morgan fingerprint density at radius 2 is 1.87 bits per heavy atom. The summed E-state index contributed by atoms with van der Waals surface area (Å²) < 4.78 is 0. The number of halogens is 2. The zero-order chi connectivity index (χ0) is 17.6. The number of carbonyl (C=O) groups excluding carboxylic acids is 3. The number of hydrogen-bond acceptors (Lipinski definition) is 3. The van der Waals surface area contributed by atoms with Gasteiger partial charge in [0.1, 0.15) is 6.04 Å². The van der Waals surface area contributed by atoms with Crippen molar-refractivity contribution in [2.24, 2.45) is 11.7 Å². The predicted molar refractivity (Wildman–Crippen MR) is 88.0 cm³/mol. The number of urea groups is 1. The Morgan fingerprint density at radius 1 is 1.22 bits per heavy atom. The SMILES string of the molecule is CC[C@H](C)[C@H](NC(N)=O)C(=O)NNC(=O)c1cc(Cl)ccc1Cl. The molecule has 0 aliphatic heterocycles. The minimum Gasteiger partial charge on any atom is -0.352 e. The Balaban J connectivity index is 2.74. The molecule has 0 unspecified atom stereocenters. The van der Waals surface area contributed by atoms with Crippen molar-refractivity contribution in [3.8, 4) is 0 Å². The Morgan fingerprint density at radius 3 is 2.43 bits per heavy atom. The molecule has 0 saturated heterocycles. The van der Waals surface area contributed by atoms with Gasteiger partial charge in [-0.2, -0.15) is 0 Å². The van der Waals surface area contributed by atoms with Crippen LogP contribution >= 0.6 is 23.2 Å². The predicted octanol–water partition coefficient (Wildman–Crippen LogP) is 1.84. The molecule has 9 heteroatoms. The summed E-state index contributed by atoms with van der Waals surface area (Å²) in [5, 5.41) is 2.86. The normalized spacial score (nSPS) is 12.9. The van der Waals surface area contributed by atoms with Crippen LogP contribution in [0.15, 0.2) is 18.2 Å². The molecule has 0 heterocycles. The molecule has 0 fully saturated rings. The molecule has 0 aliphatic rings. The van der Waals surface area contributed by atoms with Crippen LogP contribution in [0, 0.1) is 5.92 Å². The average Bonchev–Trinajstić information content (AvgIpc) is 2.51. The van der Waals surface area contributed by atoms with Crippen molar-refractivity contribution in [1.82, 2.24) is 16.2 Å². The van der Waals surface area contributed by atoms with E-state index >= 15 is 0 Å². The fourth-order valence-corrected chi connectivity index (χ4v) is 2.17. The van der Waals surface area contributed by atoms with E-state index in [1.54, 1.807) is 6.92 Å². The van der Waals surface area contributed by atoms with Crippen LogP contribution in [0.1, 0.15) is 30.6 Å². The first-order chi connectivity index (χ1) is 10.8. The zero-order valence-electron chi connectivity index (χ0n) is 12.7. The first-order valence-electron chi connectivity index (χ1n) is 6.87. The van der Waals surface area contributed by atoms with Gasteiger partial charge in [0.05, 0.1) is 10.6 Å². The van der Waals surface area contributed by atoms with Crippen molar-refractivity contribution in [1.29, 1.82) is 0 Å². The Bertz CT molecular complexity index is 610.